The first-order valence-electron chi connectivity index (χ1n) is 10.8. The van der Waals surface area contributed by atoms with E-state index in [0.717, 1.165) is 22.6 Å². The van der Waals surface area contributed by atoms with Gasteiger partial charge < -0.3 is 9.88 Å². The number of nitrogens with one attached hydrogen (secondary N) is 2. The number of benzene rings is 2. The van der Waals surface area contributed by atoms with Gasteiger partial charge >= 0.3 is 0 Å². The fraction of sp³-hybridized carbons (Fsp3) is 0.154. The second kappa shape index (κ2) is 9.15. The van der Waals surface area contributed by atoms with Crippen LogP contribution in [0.1, 0.15) is 32.9 Å². The molecule has 0 spiro atoms. The molecule has 0 unspecified atom stereocenters. The van der Waals surface area contributed by atoms with Gasteiger partial charge in [-0.25, -0.2) is 8.42 Å². The Hall–Kier alpha value is -3.91. The molecule has 0 bridgehead atoms. The molecule has 2 aromatic heterocycles. The molecule has 0 atom stereocenters. The third kappa shape index (κ3) is 4.72. The van der Waals surface area contributed by atoms with E-state index in [2.05, 4.69) is 15.0 Å². The number of hydrogen-bond donors (Lipinski definition) is 2. The van der Waals surface area contributed by atoms with Crippen molar-refractivity contribution in [3.05, 3.63) is 101 Å². The summed E-state index contributed by atoms with van der Waals surface area (Å²) in [6.07, 6.45) is 3.43. The maximum absolute atomic E-state index is 13.1. The minimum absolute atomic E-state index is 0.104. The van der Waals surface area contributed by atoms with E-state index in [-0.39, 0.29) is 10.8 Å². The number of aromatic nitrogens is 2. The predicted octanol–water partition coefficient (Wildman–Crippen LogP) is 5.16. The lowest BCUT2D eigenvalue weighted by atomic mass is 10.2. The van der Waals surface area contributed by atoms with E-state index in [4.69, 9.17) is 0 Å². The summed E-state index contributed by atoms with van der Waals surface area (Å²) in [5.74, 6) is -0.318. The highest BCUT2D eigenvalue weighted by molar-refractivity contribution is 7.92. The van der Waals surface area contributed by atoms with Crippen LogP contribution in [0, 0.1) is 27.7 Å². The van der Waals surface area contributed by atoms with Crippen LogP contribution in [0.2, 0.25) is 0 Å². The average Bonchev–Trinajstić information content (AvgIpc) is 3.09. The minimum atomic E-state index is -3.84. The minimum Gasteiger partial charge on any atom is -0.322 e. The number of hydrogen-bond acceptors (Lipinski definition) is 4. The number of pyridine rings is 1. The van der Waals surface area contributed by atoms with Gasteiger partial charge in [0.05, 0.1) is 22.3 Å². The zero-order chi connectivity index (χ0) is 24.5. The third-order valence-electron chi connectivity index (χ3n) is 5.59. The summed E-state index contributed by atoms with van der Waals surface area (Å²) in [6, 6.07) is 17.6. The zero-order valence-electron chi connectivity index (χ0n) is 19.5. The normalized spacial score (nSPS) is 11.3. The van der Waals surface area contributed by atoms with Gasteiger partial charge in [-0.1, -0.05) is 18.2 Å². The first-order valence-corrected chi connectivity index (χ1v) is 12.2. The van der Waals surface area contributed by atoms with Crippen LogP contribution in [0.25, 0.3) is 5.69 Å². The van der Waals surface area contributed by atoms with Crippen LogP contribution in [0.5, 0.6) is 0 Å². The molecule has 2 aromatic carbocycles. The number of aryl methyl sites for hydroxylation is 3. The van der Waals surface area contributed by atoms with Gasteiger partial charge in [-0.2, -0.15) is 0 Å². The van der Waals surface area contributed by atoms with Crippen LogP contribution in [0.4, 0.5) is 11.4 Å². The predicted molar refractivity (Wildman–Crippen MR) is 134 cm³/mol. The first kappa shape index (κ1) is 23.3. The van der Waals surface area contributed by atoms with E-state index in [1.165, 1.54) is 6.07 Å². The highest BCUT2D eigenvalue weighted by atomic mass is 32.2. The molecule has 0 fully saturated rings. The van der Waals surface area contributed by atoms with Gasteiger partial charge in [0.1, 0.15) is 0 Å². The molecule has 0 saturated heterocycles. The number of amides is 1. The van der Waals surface area contributed by atoms with Gasteiger partial charge in [0.25, 0.3) is 15.9 Å². The summed E-state index contributed by atoms with van der Waals surface area (Å²) < 4.78 is 30.7. The molecule has 8 heteroatoms. The van der Waals surface area contributed by atoms with E-state index >= 15 is 0 Å². The molecular weight excluding hydrogens is 448 g/mol. The fourth-order valence-corrected chi connectivity index (χ4v) is 5.28. The van der Waals surface area contributed by atoms with Gasteiger partial charge in [-0.05, 0) is 81.3 Å². The Morgan fingerprint density at radius 2 is 1.71 bits per heavy atom. The Morgan fingerprint density at radius 1 is 0.912 bits per heavy atom. The average molecular weight is 475 g/mol. The third-order valence-corrected chi connectivity index (χ3v) is 7.11. The molecule has 2 N–H and O–H groups in total. The van der Waals surface area contributed by atoms with Crippen molar-refractivity contribution in [3.8, 4) is 5.69 Å². The van der Waals surface area contributed by atoms with Crippen LogP contribution >= 0.6 is 0 Å². The van der Waals surface area contributed by atoms with E-state index in [1.807, 2.05) is 49.6 Å². The first-order chi connectivity index (χ1) is 16.2. The Balaban J connectivity index is 1.61. The summed E-state index contributed by atoms with van der Waals surface area (Å²) in [6.45, 7) is 7.40. The lowest BCUT2D eigenvalue weighted by molar-refractivity contribution is 0.102. The Labute approximate surface area is 199 Å². The maximum atomic E-state index is 13.1. The second-order valence-electron chi connectivity index (χ2n) is 8.24. The Bertz CT molecular complexity index is 1480. The van der Waals surface area contributed by atoms with Crippen LogP contribution < -0.4 is 10.0 Å². The van der Waals surface area contributed by atoms with E-state index in [9.17, 15) is 13.2 Å². The Morgan fingerprint density at radius 3 is 2.41 bits per heavy atom. The van der Waals surface area contributed by atoms with Crippen LogP contribution in [0.3, 0.4) is 0 Å². The largest absolute Gasteiger partial charge is 0.322 e. The molecule has 34 heavy (non-hydrogen) atoms. The maximum Gasteiger partial charge on any atom is 0.262 e. The number of nitrogens with zero attached hydrogens (tertiary/aromatic N) is 2. The lowest BCUT2D eigenvalue weighted by Crippen LogP contribution is -2.16. The van der Waals surface area contributed by atoms with Gasteiger partial charge in [0, 0.05) is 29.0 Å². The van der Waals surface area contributed by atoms with Crippen molar-refractivity contribution in [3.63, 3.8) is 0 Å². The number of rotatable bonds is 6. The molecular formula is C26H26N4O3S. The van der Waals surface area contributed by atoms with Crippen molar-refractivity contribution < 1.29 is 13.2 Å². The molecule has 2 heterocycles. The molecule has 0 aliphatic heterocycles. The van der Waals surface area contributed by atoms with Gasteiger partial charge in [-0.3, -0.25) is 14.5 Å². The Kier molecular flexibility index (Phi) is 6.26. The molecule has 4 aromatic rings. The second-order valence-corrected chi connectivity index (χ2v) is 9.89. The highest BCUT2D eigenvalue weighted by Crippen LogP contribution is 2.25. The van der Waals surface area contributed by atoms with Crippen molar-refractivity contribution in [2.45, 2.75) is 32.6 Å². The summed E-state index contributed by atoms with van der Waals surface area (Å²) in [5.41, 5.74) is 5.43. The van der Waals surface area contributed by atoms with Gasteiger partial charge in [0.15, 0.2) is 0 Å². The number of carbonyl (C=O) groups excluding carboxylic acids is 1. The topological polar surface area (TPSA) is 93.1 Å². The van der Waals surface area contributed by atoms with Gasteiger partial charge in [0.2, 0.25) is 0 Å². The van der Waals surface area contributed by atoms with E-state index < -0.39 is 10.0 Å². The van der Waals surface area contributed by atoms with Crippen LogP contribution in [0.15, 0.2) is 78.0 Å². The number of sulfonamides is 1. The van der Waals surface area contributed by atoms with Crippen LogP contribution in [-0.4, -0.2) is 23.9 Å². The number of carbonyl (C=O) groups is 1. The van der Waals surface area contributed by atoms with Crippen molar-refractivity contribution in [1.29, 1.82) is 0 Å². The molecule has 7 nitrogen and oxygen atoms in total. The molecule has 0 aliphatic rings. The molecule has 0 aliphatic carbocycles. The summed E-state index contributed by atoms with van der Waals surface area (Å²) in [4.78, 5) is 17.4. The van der Waals surface area contributed by atoms with Crippen LogP contribution in [-0.2, 0) is 10.0 Å². The quantitative estimate of drug-likeness (QED) is 0.404. The highest BCUT2D eigenvalue weighted by Gasteiger charge is 2.20. The van der Waals surface area contributed by atoms with Crippen molar-refractivity contribution in [1.82, 2.24) is 9.55 Å². The zero-order valence-corrected chi connectivity index (χ0v) is 20.3. The summed E-state index contributed by atoms with van der Waals surface area (Å²) in [7, 11) is -3.84. The molecule has 4 rings (SSSR count). The smallest absolute Gasteiger partial charge is 0.262 e. The van der Waals surface area contributed by atoms with E-state index in [0.29, 0.717) is 22.5 Å². The molecule has 0 radical (unpaired) electrons. The molecule has 174 valence electrons. The monoisotopic (exact) mass is 474 g/mol. The summed E-state index contributed by atoms with van der Waals surface area (Å²) in [5, 5.41) is 2.84. The molecule has 1 amide bonds. The number of anilines is 2. The summed E-state index contributed by atoms with van der Waals surface area (Å²) >= 11 is 0. The SMILES string of the molecule is Cc1cccc(NS(=O)(=O)c2cc(NC(=O)c3cc(C)n(-c4cccnc4)c3C)ccc2C)c1. The lowest BCUT2D eigenvalue weighted by Gasteiger charge is -2.13. The van der Waals surface area contributed by atoms with Gasteiger partial charge in [-0.15, -0.1) is 0 Å². The van der Waals surface area contributed by atoms with Crippen molar-refractivity contribution in [2.24, 2.45) is 0 Å². The van der Waals surface area contributed by atoms with E-state index in [1.54, 1.807) is 49.6 Å². The molecule has 0 saturated carbocycles. The van der Waals surface area contributed by atoms with Crippen molar-refractivity contribution in [2.75, 3.05) is 10.0 Å². The van der Waals surface area contributed by atoms with Crippen molar-refractivity contribution >= 4 is 27.3 Å². The fourth-order valence-electron chi connectivity index (χ4n) is 3.96. The standard InChI is InChI=1S/C26H26N4O3S/c1-17-7-5-8-22(13-17)29-34(32,33)25-15-21(11-10-18(25)2)28-26(31)24-14-19(3)30(20(24)4)23-9-6-12-27-16-23/h5-16,29H,1-4H3,(H,28,31).